The molecule has 0 saturated carbocycles. The number of esters is 1. The number of aromatic nitrogens is 3. The summed E-state index contributed by atoms with van der Waals surface area (Å²) in [6.45, 7) is 2.00. The highest BCUT2D eigenvalue weighted by atomic mass is 35.5. The average molecular weight is 296 g/mol. The van der Waals surface area contributed by atoms with E-state index in [0.717, 1.165) is 0 Å². The van der Waals surface area contributed by atoms with Gasteiger partial charge in [0.2, 0.25) is 0 Å². The van der Waals surface area contributed by atoms with Crippen LogP contribution < -0.4 is 4.74 Å². The Hall–Kier alpha value is -2.08. The summed E-state index contributed by atoms with van der Waals surface area (Å²) in [6, 6.07) is 5.16. The maximum Gasteiger partial charge on any atom is 0.378 e. The Morgan fingerprint density at radius 2 is 2.20 bits per heavy atom. The van der Waals surface area contributed by atoms with Gasteiger partial charge in [-0.15, -0.1) is 5.10 Å². The van der Waals surface area contributed by atoms with Gasteiger partial charge < -0.3 is 9.47 Å². The molecule has 0 spiro atoms. The SMILES string of the molecule is CCOC(=O)c1nc(-c2ccc(Cl)cc2OC)n(C)n1. The minimum Gasteiger partial charge on any atom is -0.496 e. The van der Waals surface area contributed by atoms with Gasteiger partial charge in [0.25, 0.3) is 5.82 Å². The molecule has 2 rings (SSSR count). The third-order valence-electron chi connectivity index (χ3n) is 2.63. The van der Waals surface area contributed by atoms with Gasteiger partial charge in [0, 0.05) is 12.1 Å². The lowest BCUT2D eigenvalue weighted by atomic mass is 10.2. The number of carbonyl (C=O) groups is 1. The Morgan fingerprint density at radius 3 is 2.85 bits per heavy atom. The van der Waals surface area contributed by atoms with E-state index in [-0.39, 0.29) is 12.4 Å². The van der Waals surface area contributed by atoms with Crippen molar-refractivity contribution in [2.45, 2.75) is 6.92 Å². The number of hydrogen-bond donors (Lipinski definition) is 0. The second-order valence-corrected chi connectivity index (χ2v) is 4.38. The summed E-state index contributed by atoms with van der Waals surface area (Å²) in [4.78, 5) is 15.8. The fourth-order valence-corrected chi connectivity index (χ4v) is 1.91. The predicted octanol–water partition coefficient (Wildman–Crippen LogP) is 2.32. The van der Waals surface area contributed by atoms with Gasteiger partial charge in [0.15, 0.2) is 5.82 Å². The zero-order valence-corrected chi connectivity index (χ0v) is 12.1. The molecule has 2 aromatic rings. The van der Waals surface area contributed by atoms with Crippen LogP contribution >= 0.6 is 11.6 Å². The van der Waals surface area contributed by atoms with Crippen molar-refractivity contribution >= 4 is 17.6 Å². The lowest BCUT2D eigenvalue weighted by Crippen LogP contribution is -2.07. The van der Waals surface area contributed by atoms with Crippen molar-refractivity contribution in [3.05, 3.63) is 29.0 Å². The molecule has 0 atom stereocenters. The van der Waals surface area contributed by atoms with Crippen LogP contribution in [-0.4, -0.2) is 34.5 Å². The standard InChI is InChI=1S/C13H14ClN3O3/c1-4-20-13(18)11-15-12(17(2)16-11)9-6-5-8(14)7-10(9)19-3/h5-7H,4H2,1-3H3. The van der Waals surface area contributed by atoms with Crippen LogP contribution in [0.1, 0.15) is 17.5 Å². The zero-order valence-electron chi connectivity index (χ0n) is 11.4. The molecule has 106 valence electrons. The first-order chi connectivity index (χ1) is 9.56. The van der Waals surface area contributed by atoms with Crippen LogP contribution in [0.25, 0.3) is 11.4 Å². The minimum absolute atomic E-state index is 0.0151. The second-order valence-electron chi connectivity index (χ2n) is 3.95. The number of halogens is 1. The number of rotatable bonds is 4. The maximum absolute atomic E-state index is 11.6. The molecular formula is C13H14ClN3O3. The summed E-state index contributed by atoms with van der Waals surface area (Å²) in [5, 5.41) is 4.60. The van der Waals surface area contributed by atoms with Crippen molar-refractivity contribution in [2.24, 2.45) is 7.05 Å². The van der Waals surface area contributed by atoms with Gasteiger partial charge >= 0.3 is 5.97 Å². The second kappa shape index (κ2) is 5.92. The van der Waals surface area contributed by atoms with E-state index in [0.29, 0.717) is 22.2 Å². The Morgan fingerprint density at radius 1 is 1.45 bits per heavy atom. The van der Waals surface area contributed by atoms with E-state index in [1.54, 1.807) is 32.2 Å². The molecule has 0 radical (unpaired) electrons. The zero-order chi connectivity index (χ0) is 14.7. The lowest BCUT2D eigenvalue weighted by Gasteiger charge is -2.07. The molecule has 7 heteroatoms. The molecule has 6 nitrogen and oxygen atoms in total. The molecule has 0 aliphatic carbocycles. The fraction of sp³-hybridized carbons (Fsp3) is 0.308. The first kappa shape index (κ1) is 14.3. The topological polar surface area (TPSA) is 66.2 Å². The van der Waals surface area contributed by atoms with E-state index in [1.807, 2.05) is 0 Å². The van der Waals surface area contributed by atoms with Crippen LogP contribution in [0.15, 0.2) is 18.2 Å². The Bertz CT molecular complexity index is 640. The molecule has 20 heavy (non-hydrogen) atoms. The normalized spacial score (nSPS) is 10.4. The Kier molecular flexibility index (Phi) is 4.24. The fourth-order valence-electron chi connectivity index (χ4n) is 1.75. The number of aryl methyl sites for hydroxylation is 1. The molecule has 0 unspecified atom stereocenters. The quantitative estimate of drug-likeness (QED) is 0.810. The summed E-state index contributed by atoms with van der Waals surface area (Å²) < 4.78 is 11.6. The summed E-state index contributed by atoms with van der Waals surface area (Å²) in [5.41, 5.74) is 0.697. The first-order valence-corrected chi connectivity index (χ1v) is 6.36. The van der Waals surface area contributed by atoms with Crippen LogP contribution in [-0.2, 0) is 11.8 Å². The Balaban J connectivity index is 2.46. The highest BCUT2D eigenvalue weighted by Gasteiger charge is 2.19. The van der Waals surface area contributed by atoms with Gasteiger partial charge in [-0.3, -0.25) is 0 Å². The molecular weight excluding hydrogens is 282 g/mol. The lowest BCUT2D eigenvalue weighted by molar-refractivity contribution is 0.0512. The molecule has 1 heterocycles. The van der Waals surface area contributed by atoms with Crippen molar-refractivity contribution in [2.75, 3.05) is 13.7 Å². The highest BCUT2D eigenvalue weighted by molar-refractivity contribution is 6.30. The molecule has 1 aromatic carbocycles. The molecule has 0 N–H and O–H groups in total. The molecule has 0 saturated heterocycles. The molecule has 0 aliphatic heterocycles. The van der Waals surface area contributed by atoms with Crippen molar-refractivity contribution in [3.63, 3.8) is 0 Å². The van der Waals surface area contributed by atoms with Crippen molar-refractivity contribution in [3.8, 4) is 17.1 Å². The monoisotopic (exact) mass is 295 g/mol. The Labute approximate surface area is 121 Å². The number of benzene rings is 1. The van der Waals surface area contributed by atoms with Crippen LogP contribution in [0.3, 0.4) is 0 Å². The summed E-state index contributed by atoms with van der Waals surface area (Å²) in [5.74, 6) is 0.522. The van der Waals surface area contributed by atoms with E-state index in [4.69, 9.17) is 21.1 Å². The van der Waals surface area contributed by atoms with Gasteiger partial charge in [0.1, 0.15) is 5.75 Å². The van der Waals surface area contributed by atoms with E-state index in [9.17, 15) is 4.79 Å². The van der Waals surface area contributed by atoms with E-state index in [2.05, 4.69) is 10.1 Å². The van der Waals surface area contributed by atoms with Gasteiger partial charge in [-0.1, -0.05) is 11.6 Å². The van der Waals surface area contributed by atoms with Gasteiger partial charge in [0.05, 0.1) is 19.3 Å². The molecule has 0 amide bonds. The summed E-state index contributed by atoms with van der Waals surface area (Å²) in [6.07, 6.45) is 0. The average Bonchev–Trinajstić information content (AvgIpc) is 2.81. The number of ether oxygens (including phenoxy) is 2. The molecule has 0 aliphatic rings. The van der Waals surface area contributed by atoms with Crippen LogP contribution in [0.5, 0.6) is 5.75 Å². The number of methoxy groups -OCH3 is 1. The first-order valence-electron chi connectivity index (χ1n) is 5.99. The van der Waals surface area contributed by atoms with Crippen molar-refractivity contribution < 1.29 is 14.3 Å². The molecule has 0 fully saturated rings. The largest absolute Gasteiger partial charge is 0.496 e. The minimum atomic E-state index is -0.553. The predicted molar refractivity (Wildman–Crippen MR) is 74.0 cm³/mol. The maximum atomic E-state index is 11.6. The van der Waals surface area contributed by atoms with Crippen LogP contribution in [0, 0.1) is 0 Å². The van der Waals surface area contributed by atoms with Crippen molar-refractivity contribution in [1.29, 1.82) is 0 Å². The number of carbonyl (C=O) groups excluding carboxylic acids is 1. The molecule has 0 bridgehead atoms. The van der Waals surface area contributed by atoms with E-state index >= 15 is 0 Å². The molecule has 1 aromatic heterocycles. The van der Waals surface area contributed by atoms with Crippen LogP contribution in [0.2, 0.25) is 5.02 Å². The summed E-state index contributed by atoms with van der Waals surface area (Å²) in [7, 11) is 3.23. The van der Waals surface area contributed by atoms with Gasteiger partial charge in [-0.05, 0) is 25.1 Å². The van der Waals surface area contributed by atoms with Crippen molar-refractivity contribution in [1.82, 2.24) is 14.8 Å². The third-order valence-corrected chi connectivity index (χ3v) is 2.86. The third kappa shape index (κ3) is 2.75. The van der Waals surface area contributed by atoms with E-state index in [1.165, 1.54) is 11.8 Å². The number of hydrogen-bond acceptors (Lipinski definition) is 5. The van der Waals surface area contributed by atoms with E-state index < -0.39 is 5.97 Å². The number of nitrogens with zero attached hydrogens (tertiary/aromatic N) is 3. The smallest absolute Gasteiger partial charge is 0.378 e. The highest BCUT2D eigenvalue weighted by Crippen LogP contribution is 2.31. The van der Waals surface area contributed by atoms with Gasteiger partial charge in [-0.2, -0.15) is 0 Å². The van der Waals surface area contributed by atoms with Gasteiger partial charge in [-0.25, -0.2) is 14.5 Å². The summed E-state index contributed by atoms with van der Waals surface area (Å²) >= 11 is 5.92. The van der Waals surface area contributed by atoms with Crippen LogP contribution in [0.4, 0.5) is 0 Å².